The minimum absolute atomic E-state index is 0.339. The molecule has 0 aliphatic carbocycles. The topological polar surface area (TPSA) is 70.9 Å². The molecule has 2 N–H and O–H groups in total. The number of rotatable bonds is 7. The predicted octanol–water partition coefficient (Wildman–Crippen LogP) is 5.92. The maximum Gasteiger partial charge on any atom is 0.336 e. The number of H-pyrrole nitrogens is 1. The second kappa shape index (κ2) is 8.34. The smallest absolute Gasteiger partial charge is 0.336 e. The van der Waals surface area contributed by atoms with Crippen molar-refractivity contribution in [1.82, 2.24) is 9.97 Å². The van der Waals surface area contributed by atoms with E-state index in [2.05, 4.69) is 15.3 Å². The zero-order chi connectivity index (χ0) is 22.0. The lowest BCUT2D eigenvalue weighted by molar-refractivity contribution is 0.146. The van der Waals surface area contributed by atoms with Gasteiger partial charge in [0.05, 0.1) is 11.9 Å². The molecule has 0 radical (unpaired) electrons. The summed E-state index contributed by atoms with van der Waals surface area (Å²) < 4.78 is 33.5. The van der Waals surface area contributed by atoms with Crippen LogP contribution in [0.15, 0.2) is 63.9 Å². The highest BCUT2D eigenvalue weighted by molar-refractivity contribution is 5.93. The first kappa shape index (κ1) is 20.8. The van der Waals surface area contributed by atoms with Gasteiger partial charge in [-0.3, -0.25) is 0 Å². The fraction of sp³-hybridized carbons (Fsp3) is 0.250. The number of benzene rings is 2. The van der Waals surface area contributed by atoms with Gasteiger partial charge in [-0.05, 0) is 47.7 Å². The molecule has 160 valence electrons. The highest BCUT2D eigenvalue weighted by atomic mass is 19.1. The van der Waals surface area contributed by atoms with E-state index in [1.165, 1.54) is 24.4 Å². The number of alkyl halides is 1. The molecule has 0 fully saturated rings. The minimum Gasteiger partial charge on any atom is -0.423 e. The molecule has 4 rings (SSSR count). The van der Waals surface area contributed by atoms with E-state index in [9.17, 15) is 13.6 Å². The number of halogens is 2. The second-order valence-electron chi connectivity index (χ2n) is 7.49. The van der Waals surface area contributed by atoms with Crippen molar-refractivity contribution in [3.63, 3.8) is 0 Å². The van der Waals surface area contributed by atoms with Crippen LogP contribution in [0.25, 0.3) is 22.1 Å². The van der Waals surface area contributed by atoms with Crippen molar-refractivity contribution in [2.75, 3.05) is 5.32 Å². The first-order valence-electron chi connectivity index (χ1n) is 10.2. The van der Waals surface area contributed by atoms with Gasteiger partial charge in [0.25, 0.3) is 0 Å². The SMILES string of the molecule is CCC(F)(CC)c1cnc(NCc2ccc3c(-c4ccc(F)cc4)cc(=O)oc3c2)[nH]1. The Hall–Kier alpha value is -3.48. The molecule has 2 heterocycles. The van der Waals surface area contributed by atoms with Crippen LogP contribution in [0.1, 0.15) is 37.9 Å². The summed E-state index contributed by atoms with van der Waals surface area (Å²) in [7, 11) is 0. The van der Waals surface area contributed by atoms with Gasteiger partial charge in [-0.1, -0.05) is 38.1 Å². The third-order valence-electron chi connectivity index (χ3n) is 5.60. The van der Waals surface area contributed by atoms with Gasteiger partial charge in [-0.15, -0.1) is 0 Å². The third-order valence-corrected chi connectivity index (χ3v) is 5.60. The van der Waals surface area contributed by atoms with Gasteiger partial charge in [0.15, 0.2) is 5.67 Å². The number of aromatic nitrogens is 2. The largest absolute Gasteiger partial charge is 0.423 e. The Morgan fingerprint density at radius 3 is 2.55 bits per heavy atom. The average Bonchev–Trinajstić information content (AvgIpc) is 3.26. The first-order chi connectivity index (χ1) is 14.9. The molecule has 0 saturated heterocycles. The van der Waals surface area contributed by atoms with E-state index in [0.717, 1.165) is 16.5 Å². The van der Waals surface area contributed by atoms with E-state index in [4.69, 9.17) is 4.42 Å². The van der Waals surface area contributed by atoms with Crippen LogP contribution in [-0.4, -0.2) is 9.97 Å². The predicted molar refractivity (Wildman–Crippen MR) is 117 cm³/mol. The fourth-order valence-corrected chi connectivity index (χ4v) is 3.64. The lowest BCUT2D eigenvalue weighted by Crippen LogP contribution is -2.18. The van der Waals surface area contributed by atoms with Gasteiger partial charge in [0, 0.05) is 18.0 Å². The highest BCUT2D eigenvalue weighted by Gasteiger charge is 2.29. The fourth-order valence-electron chi connectivity index (χ4n) is 3.64. The summed E-state index contributed by atoms with van der Waals surface area (Å²) in [6, 6.07) is 12.9. The molecule has 0 spiro atoms. The zero-order valence-electron chi connectivity index (χ0n) is 17.3. The molecule has 0 atom stereocenters. The Bertz CT molecular complexity index is 1260. The van der Waals surface area contributed by atoms with E-state index < -0.39 is 11.3 Å². The average molecular weight is 423 g/mol. The Morgan fingerprint density at radius 1 is 1.10 bits per heavy atom. The number of anilines is 1. The first-order valence-corrected chi connectivity index (χ1v) is 10.2. The maximum atomic E-state index is 14.8. The number of nitrogens with one attached hydrogen (secondary N) is 2. The molecule has 0 bridgehead atoms. The van der Waals surface area contributed by atoms with E-state index in [1.807, 2.05) is 12.1 Å². The number of aromatic amines is 1. The number of nitrogens with zero attached hydrogens (tertiary/aromatic N) is 1. The van der Waals surface area contributed by atoms with Crippen molar-refractivity contribution in [2.24, 2.45) is 0 Å². The van der Waals surface area contributed by atoms with Crippen molar-refractivity contribution in [1.29, 1.82) is 0 Å². The molecule has 2 aromatic heterocycles. The van der Waals surface area contributed by atoms with Gasteiger partial charge in [0.2, 0.25) is 5.95 Å². The molecule has 0 unspecified atom stereocenters. The van der Waals surface area contributed by atoms with Crippen LogP contribution in [0.2, 0.25) is 0 Å². The van der Waals surface area contributed by atoms with Crippen molar-refractivity contribution < 1.29 is 13.2 Å². The van der Waals surface area contributed by atoms with Crippen LogP contribution in [0.4, 0.5) is 14.7 Å². The van der Waals surface area contributed by atoms with Gasteiger partial charge in [-0.25, -0.2) is 18.6 Å². The van der Waals surface area contributed by atoms with E-state index in [1.54, 1.807) is 32.0 Å². The number of fused-ring (bicyclic) bond motifs is 1. The molecular formula is C24H23F2N3O2. The molecule has 2 aromatic carbocycles. The van der Waals surface area contributed by atoms with Crippen molar-refractivity contribution in [3.8, 4) is 11.1 Å². The van der Waals surface area contributed by atoms with E-state index >= 15 is 0 Å². The zero-order valence-corrected chi connectivity index (χ0v) is 17.3. The summed E-state index contributed by atoms with van der Waals surface area (Å²) in [4.78, 5) is 19.3. The van der Waals surface area contributed by atoms with Gasteiger partial charge in [0.1, 0.15) is 11.4 Å². The quantitative estimate of drug-likeness (QED) is 0.362. The summed E-state index contributed by atoms with van der Waals surface area (Å²) in [6.07, 6.45) is 2.25. The molecular weight excluding hydrogens is 400 g/mol. The summed E-state index contributed by atoms with van der Waals surface area (Å²) >= 11 is 0. The molecule has 0 aliphatic heterocycles. The van der Waals surface area contributed by atoms with Gasteiger partial charge >= 0.3 is 5.63 Å². The van der Waals surface area contributed by atoms with E-state index in [-0.39, 0.29) is 5.82 Å². The Morgan fingerprint density at radius 2 is 1.84 bits per heavy atom. The highest BCUT2D eigenvalue weighted by Crippen LogP contribution is 2.32. The summed E-state index contributed by atoms with van der Waals surface area (Å²) in [5.41, 5.74) is 1.26. The van der Waals surface area contributed by atoms with Gasteiger partial charge in [-0.2, -0.15) is 0 Å². The minimum atomic E-state index is -1.42. The van der Waals surface area contributed by atoms with Crippen LogP contribution < -0.4 is 10.9 Å². The summed E-state index contributed by atoms with van der Waals surface area (Å²) in [5.74, 6) is 0.133. The third kappa shape index (κ3) is 4.21. The van der Waals surface area contributed by atoms with Crippen molar-refractivity contribution in [3.05, 3.63) is 82.2 Å². The van der Waals surface area contributed by atoms with E-state index in [0.29, 0.717) is 42.2 Å². The van der Waals surface area contributed by atoms with Crippen LogP contribution in [0.5, 0.6) is 0 Å². The molecule has 7 heteroatoms. The Kier molecular flexibility index (Phi) is 5.59. The van der Waals surface area contributed by atoms with Crippen LogP contribution >= 0.6 is 0 Å². The summed E-state index contributed by atoms with van der Waals surface area (Å²) in [6.45, 7) is 4.02. The van der Waals surface area contributed by atoms with Crippen LogP contribution in [-0.2, 0) is 12.2 Å². The Labute approximate surface area is 178 Å². The number of imidazole rings is 1. The maximum absolute atomic E-state index is 14.8. The molecule has 0 amide bonds. The number of hydrogen-bond acceptors (Lipinski definition) is 4. The molecule has 5 nitrogen and oxygen atoms in total. The van der Waals surface area contributed by atoms with Crippen molar-refractivity contribution in [2.45, 2.75) is 38.9 Å². The number of hydrogen-bond donors (Lipinski definition) is 2. The Balaban J connectivity index is 1.58. The van der Waals surface area contributed by atoms with Crippen LogP contribution in [0, 0.1) is 5.82 Å². The standard InChI is InChI=1S/C24H23F2N3O2/c1-3-24(26,4-2)21-14-28-23(29-21)27-13-15-5-10-18-19(12-22(30)31-20(18)11-15)16-6-8-17(25)9-7-16/h5-12,14H,3-4,13H2,1-2H3,(H2,27,28,29). The lowest BCUT2D eigenvalue weighted by atomic mass is 9.96. The van der Waals surface area contributed by atoms with Crippen molar-refractivity contribution >= 4 is 16.9 Å². The monoisotopic (exact) mass is 423 g/mol. The molecule has 31 heavy (non-hydrogen) atoms. The summed E-state index contributed by atoms with van der Waals surface area (Å²) in [5, 5.41) is 3.89. The van der Waals surface area contributed by atoms with Gasteiger partial charge < -0.3 is 14.7 Å². The van der Waals surface area contributed by atoms with Crippen LogP contribution in [0.3, 0.4) is 0 Å². The molecule has 0 saturated carbocycles. The lowest BCUT2D eigenvalue weighted by Gasteiger charge is -2.19. The molecule has 0 aliphatic rings. The second-order valence-corrected chi connectivity index (χ2v) is 7.49. The molecule has 4 aromatic rings. The normalized spacial score (nSPS) is 11.7.